The van der Waals surface area contributed by atoms with Crippen molar-refractivity contribution in [2.24, 2.45) is 0 Å². The molecule has 0 saturated carbocycles. The van der Waals surface area contributed by atoms with Gasteiger partial charge < -0.3 is 10.4 Å². The lowest BCUT2D eigenvalue weighted by molar-refractivity contribution is -0.201. The third-order valence-electron chi connectivity index (χ3n) is 1.71. The van der Waals surface area contributed by atoms with Crippen molar-refractivity contribution in [3.63, 3.8) is 0 Å². The van der Waals surface area contributed by atoms with Gasteiger partial charge in [0.25, 0.3) is 0 Å². The Labute approximate surface area is 83.1 Å². The van der Waals surface area contributed by atoms with E-state index in [-0.39, 0.29) is 11.8 Å². The molecule has 0 amide bonds. The summed E-state index contributed by atoms with van der Waals surface area (Å²) in [6.45, 7) is 1.28. The second-order valence-electron chi connectivity index (χ2n) is 3.02. The largest absolute Gasteiger partial charge is 0.415 e. The van der Waals surface area contributed by atoms with E-state index in [1.54, 1.807) is 6.92 Å². The molecule has 3 atom stereocenters. The number of nitrogens with one attached hydrogen (secondary N) is 1. The summed E-state index contributed by atoms with van der Waals surface area (Å²) in [5, 5.41) is 10.8. The molecule has 0 aliphatic carbocycles. The summed E-state index contributed by atoms with van der Waals surface area (Å²) >= 11 is 0. The number of halogens is 3. The Morgan fingerprint density at radius 3 is 2.29 bits per heavy atom. The van der Waals surface area contributed by atoms with E-state index in [1.165, 1.54) is 6.26 Å². The maximum atomic E-state index is 11.8. The van der Waals surface area contributed by atoms with E-state index in [9.17, 15) is 17.4 Å². The first-order chi connectivity index (χ1) is 6.25. The fourth-order valence-corrected chi connectivity index (χ4v) is 1.01. The average Bonchev–Trinajstić information content (AvgIpc) is 2.01. The summed E-state index contributed by atoms with van der Waals surface area (Å²) in [7, 11) is -1.07. The highest BCUT2D eigenvalue weighted by Gasteiger charge is 2.37. The molecule has 0 bridgehead atoms. The molecule has 3 nitrogen and oxygen atoms in total. The molecule has 3 unspecified atom stereocenters. The molecule has 14 heavy (non-hydrogen) atoms. The molecule has 7 heteroatoms. The zero-order valence-electron chi connectivity index (χ0n) is 7.97. The van der Waals surface area contributed by atoms with E-state index in [4.69, 9.17) is 5.11 Å². The lowest BCUT2D eigenvalue weighted by Crippen LogP contribution is -2.40. The number of rotatable bonds is 5. The summed E-state index contributed by atoms with van der Waals surface area (Å²) in [6.07, 6.45) is -5.48. The van der Waals surface area contributed by atoms with Gasteiger partial charge in [0.15, 0.2) is 6.10 Å². The molecule has 0 heterocycles. The summed E-state index contributed by atoms with van der Waals surface area (Å²) in [5.74, 6) is 0. The Kier molecular flexibility index (Phi) is 5.61. The van der Waals surface area contributed by atoms with Crippen LogP contribution in [0.25, 0.3) is 0 Å². The summed E-state index contributed by atoms with van der Waals surface area (Å²) < 4.78 is 46.1. The van der Waals surface area contributed by atoms with Crippen LogP contribution in [0.5, 0.6) is 0 Å². The standard InChI is InChI=1S/C7H14F3NO2S/c1-5(14(2)13)3-11-4-6(12)7(8,9)10/h5-6,11-12H,3-4H2,1-2H3. The van der Waals surface area contributed by atoms with Gasteiger partial charge in [-0.1, -0.05) is 0 Å². The van der Waals surface area contributed by atoms with E-state index in [0.29, 0.717) is 0 Å². The first-order valence-electron chi connectivity index (χ1n) is 4.03. The van der Waals surface area contributed by atoms with Crippen LogP contribution in [0, 0.1) is 0 Å². The van der Waals surface area contributed by atoms with Crippen molar-refractivity contribution in [2.75, 3.05) is 19.3 Å². The zero-order chi connectivity index (χ0) is 11.4. The van der Waals surface area contributed by atoms with Gasteiger partial charge in [0.05, 0.1) is 0 Å². The highest BCUT2D eigenvalue weighted by Crippen LogP contribution is 2.19. The smallest absolute Gasteiger partial charge is 0.382 e. The van der Waals surface area contributed by atoms with Gasteiger partial charge in [0.2, 0.25) is 0 Å². The zero-order valence-corrected chi connectivity index (χ0v) is 8.78. The van der Waals surface area contributed by atoms with Gasteiger partial charge in [-0.25, -0.2) is 0 Å². The van der Waals surface area contributed by atoms with E-state index >= 15 is 0 Å². The average molecular weight is 233 g/mol. The monoisotopic (exact) mass is 233 g/mol. The molecular weight excluding hydrogens is 219 g/mol. The summed E-state index contributed by atoms with van der Waals surface area (Å²) in [6, 6.07) is 0. The maximum absolute atomic E-state index is 11.8. The van der Waals surface area contributed by atoms with Crippen LogP contribution in [0.3, 0.4) is 0 Å². The first-order valence-corrected chi connectivity index (χ1v) is 5.65. The van der Waals surface area contributed by atoms with Gasteiger partial charge in [0.1, 0.15) is 0 Å². The van der Waals surface area contributed by atoms with E-state index < -0.39 is 29.6 Å². The Hall–Kier alpha value is -0.140. The molecule has 0 aliphatic rings. The SMILES string of the molecule is CC(CNCC(O)C(F)(F)F)S(C)=O. The molecule has 0 aromatic rings. The Balaban J connectivity index is 3.70. The molecule has 0 aliphatic heterocycles. The van der Waals surface area contributed by atoms with E-state index in [2.05, 4.69) is 5.32 Å². The molecular formula is C7H14F3NO2S. The van der Waals surface area contributed by atoms with Crippen molar-refractivity contribution >= 4 is 10.8 Å². The van der Waals surface area contributed by atoms with Crippen molar-refractivity contribution in [2.45, 2.75) is 24.5 Å². The highest BCUT2D eigenvalue weighted by molar-refractivity contribution is 7.84. The third kappa shape index (κ3) is 5.56. The second-order valence-corrected chi connectivity index (χ2v) is 4.83. The van der Waals surface area contributed by atoms with Crippen LogP contribution >= 0.6 is 0 Å². The van der Waals surface area contributed by atoms with Crippen LogP contribution in [0.15, 0.2) is 0 Å². The van der Waals surface area contributed by atoms with Gasteiger partial charge >= 0.3 is 6.18 Å². The van der Waals surface area contributed by atoms with Crippen molar-refractivity contribution in [3.05, 3.63) is 0 Å². The number of aliphatic hydroxyl groups excluding tert-OH is 1. The van der Waals surface area contributed by atoms with Gasteiger partial charge in [-0.3, -0.25) is 4.21 Å². The lowest BCUT2D eigenvalue weighted by Gasteiger charge is -2.16. The minimum Gasteiger partial charge on any atom is -0.382 e. The Morgan fingerprint density at radius 1 is 1.43 bits per heavy atom. The molecule has 0 rings (SSSR count). The number of aliphatic hydroxyl groups is 1. The molecule has 0 radical (unpaired) electrons. The van der Waals surface area contributed by atoms with Crippen LogP contribution in [-0.4, -0.2) is 46.2 Å². The van der Waals surface area contributed by atoms with Crippen LogP contribution in [0.1, 0.15) is 6.92 Å². The molecule has 0 aromatic carbocycles. The fourth-order valence-electron chi connectivity index (χ4n) is 0.656. The number of hydrogen-bond acceptors (Lipinski definition) is 3. The summed E-state index contributed by atoms with van der Waals surface area (Å²) in [4.78, 5) is 0. The van der Waals surface area contributed by atoms with Crippen LogP contribution < -0.4 is 5.32 Å². The highest BCUT2D eigenvalue weighted by atomic mass is 32.2. The normalized spacial score (nSPS) is 19.0. The lowest BCUT2D eigenvalue weighted by atomic mass is 10.3. The van der Waals surface area contributed by atoms with Crippen molar-refractivity contribution in [1.82, 2.24) is 5.32 Å². The maximum Gasteiger partial charge on any atom is 0.415 e. The molecule has 0 saturated heterocycles. The molecule has 2 N–H and O–H groups in total. The van der Waals surface area contributed by atoms with Crippen LogP contribution in [-0.2, 0) is 10.8 Å². The van der Waals surface area contributed by atoms with Gasteiger partial charge in [-0.15, -0.1) is 0 Å². The van der Waals surface area contributed by atoms with E-state index in [0.717, 1.165) is 0 Å². The summed E-state index contributed by atoms with van der Waals surface area (Å²) in [5.41, 5.74) is 0. The first kappa shape index (κ1) is 13.9. The second kappa shape index (κ2) is 5.67. The van der Waals surface area contributed by atoms with Gasteiger partial charge in [-0.2, -0.15) is 13.2 Å². The van der Waals surface area contributed by atoms with E-state index in [1.807, 2.05) is 0 Å². The Bertz CT molecular complexity index is 198. The van der Waals surface area contributed by atoms with Crippen LogP contribution in [0.4, 0.5) is 13.2 Å². The topological polar surface area (TPSA) is 49.3 Å². The molecule has 0 aromatic heterocycles. The Morgan fingerprint density at radius 2 is 1.93 bits per heavy atom. The van der Waals surface area contributed by atoms with Gasteiger partial charge in [-0.05, 0) is 6.92 Å². The van der Waals surface area contributed by atoms with Gasteiger partial charge in [0, 0.05) is 35.4 Å². The molecule has 0 fully saturated rings. The van der Waals surface area contributed by atoms with Crippen molar-refractivity contribution in [1.29, 1.82) is 0 Å². The molecule has 0 spiro atoms. The third-order valence-corrected chi connectivity index (χ3v) is 3.01. The number of alkyl halides is 3. The van der Waals surface area contributed by atoms with Crippen molar-refractivity contribution in [3.8, 4) is 0 Å². The molecule has 86 valence electrons. The fraction of sp³-hybridized carbons (Fsp3) is 1.00. The predicted molar refractivity (Wildman–Crippen MR) is 48.5 cm³/mol. The minimum atomic E-state index is -4.60. The minimum absolute atomic E-state index is 0.191. The number of hydrogen-bond donors (Lipinski definition) is 2. The predicted octanol–water partition coefficient (Wildman–Crippen LogP) is 0.266. The van der Waals surface area contributed by atoms with Crippen molar-refractivity contribution < 1.29 is 22.5 Å². The quantitative estimate of drug-likeness (QED) is 0.716. The van der Waals surface area contributed by atoms with Crippen LogP contribution in [0.2, 0.25) is 0 Å².